The van der Waals surface area contributed by atoms with E-state index in [4.69, 9.17) is 0 Å². The van der Waals surface area contributed by atoms with Crippen LogP contribution in [0.4, 0.5) is 5.82 Å². The van der Waals surface area contributed by atoms with E-state index in [-0.39, 0.29) is 0 Å². The second kappa shape index (κ2) is 5.91. The molecule has 2 heterocycles. The van der Waals surface area contributed by atoms with Crippen molar-refractivity contribution < 1.29 is 0 Å². The van der Waals surface area contributed by atoms with Crippen molar-refractivity contribution in [2.75, 3.05) is 5.32 Å². The van der Waals surface area contributed by atoms with Gasteiger partial charge in [0.15, 0.2) is 0 Å². The van der Waals surface area contributed by atoms with Gasteiger partial charge in [-0.05, 0) is 27.2 Å². The molecule has 0 saturated heterocycles. The highest BCUT2D eigenvalue weighted by atomic mass is 15.3. The third-order valence-corrected chi connectivity index (χ3v) is 3.16. The first-order valence-electron chi connectivity index (χ1n) is 6.95. The summed E-state index contributed by atoms with van der Waals surface area (Å²) in [6, 6.07) is 2.08. The van der Waals surface area contributed by atoms with Crippen LogP contribution in [0.15, 0.2) is 12.3 Å². The Morgan fingerprint density at radius 3 is 2.68 bits per heavy atom. The van der Waals surface area contributed by atoms with E-state index >= 15 is 0 Å². The predicted molar refractivity (Wildman–Crippen MR) is 77.2 cm³/mol. The molecule has 2 aromatic rings. The van der Waals surface area contributed by atoms with Gasteiger partial charge in [-0.1, -0.05) is 6.92 Å². The summed E-state index contributed by atoms with van der Waals surface area (Å²) >= 11 is 0. The third-order valence-electron chi connectivity index (χ3n) is 3.16. The molecule has 104 valence electrons. The fraction of sp³-hybridized carbons (Fsp3) is 0.571. The summed E-state index contributed by atoms with van der Waals surface area (Å²) in [5.74, 6) is 1.07. The van der Waals surface area contributed by atoms with Gasteiger partial charge in [0.25, 0.3) is 0 Å². The normalized spacial score (nSPS) is 10.9. The summed E-state index contributed by atoms with van der Waals surface area (Å²) in [6.45, 7) is 11.0. The maximum absolute atomic E-state index is 4.51. The molecule has 0 radical (unpaired) electrons. The van der Waals surface area contributed by atoms with Gasteiger partial charge in [-0.3, -0.25) is 4.68 Å². The molecule has 2 rings (SSSR count). The fourth-order valence-corrected chi connectivity index (χ4v) is 2.19. The van der Waals surface area contributed by atoms with Gasteiger partial charge in [0.05, 0.1) is 11.4 Å². The topological polar surface area (TPSA) is 47.7 Å². The van der Waals surface area contributed by atoms with E-state index in [0.29, 0.717) is 0 Å². The van der Waals surface area contributed by atoms with Crippen LogP contribution in [0.3, 0.4) is 0 Å². The summed E-state index contributed by atoms with van der Waals surface area (Å²) in [7, 11) is 0. The van der Waals surface area contributed by atoms with Crippen LogP contribution in [0.1, 0.15) is 37.2 Å². The van der Waals surface area contributed by atoms with Gasteiger partial charge in [0, 0.05) is 37.5 Å². The largest absolute Gasteiger partial charge is 0.366 e. The Kier molecular flexibility index (Phi) is 4.24. The van der Waals surface area contributed by atoms with E-state index in [1.165, 1.54) is 5.56 Å². The first kappa shape index (κ1) is 13.6. The Morgan fingerprint density at radius 2 is 2.00 bits per heavy atom. The van der Waals surface area contributed by atoms with Crippen LogP contribution in [0, 0.1) is 13.8 Å². The third kappa shape index (κ3) is 3.16. The zero-order valence-corrected chi connectivity index (χ0v) is 12.3. The van der Waals surface area contributed by atoms with Crippen LogP contribution >= 0.6 is 0 Å². The second-order valence-corrected chi connectivity index (χ2v) is 4.84. The molecular formula is C14H23N5. The van der Waals surface area contributed by atoms with Crippen molar-refractivity contribution >= 4 is 5.82 Å². The average molecular weight is 261 g/mol. The lowest BCUT2D eigenvalue weighted by atomic mass is 10.2. The molecule has 0 atom stereocenters. The Labute approximate surface area is 114 Å². The molecule has 1 N–H and O–H groups in total. The lowest BCUT2D eigenvalue weighted by molar-refractivity contribution is 0.598. The number of aryl methyl sites for hydroxylation is 4. The first-order chi connectivity index (χ1) is 9.13. The molecule has 0 saturated carbocycles. The van der Waals surface area contributed by atoms with Crippen LogP contribution in [-0.4, -0.2) is 19.6 Å². The number of hydrogen-bond acceptors (Lipinski definition) is 3. The summed E-state index contributed by atoms with van der Waals surface area (Å²) in [6.07, 6.45) is 3.24. The van der Waals surface area contributed by atoms with Crippen molar-refractivity contribution in [3.63, 3.8) is 0 Å². The maximum atomic E-state index is 4.51. The lowest BCUT2D eigenvalue weighted by Crippen LogP contribution is -2.07. The number of hydrogen-bond donors (Lipinski definition) is 1. The number of nitrogens with zero attached hydrogens (tertiary/aromatic N) is 4. The van der Waals surface area contributed by atoms with Crippen LogP contribution in [-0.2, 0) is 19.6 Å². The Morgan fingerprint density at radius 1 is 1.21 bits per heavy atom. The first-order valence-corrected chi connectivity index (χ1v) is 6.95. The number of aromatic nitrogens is 4. The average Bonchev–Trinajstić information content (AvgIpc) is 2.90. The molecule has 0 unspecified atom stereocenters. The van der Waals surface area contributed by atoms with Crippen LogP contribution in [0.5, 0.6) is 0 Å². The van der Waals surface area contributed by atoms with Crippen molar-refractivity contribution in [1.29, 1.82) is 0 Å². The molecule has 5 nitrogen and oxygen atoms in total. The van der Waals surface area contributed by atoms with Gasteiger partial charge < -0.3 is 5.32 Å². The molecule has 0 spiro atoms. The molecule has 0 aliphatic carbocycles. The molecule has 0 aromatic carbocycles. The van der Waals surface area contributed by atoms with E-state index in [2.05, 4.69) is 48.5 Å². The smallest absolute Gasteiger partial charge is 0.124 e. The summed E-state index contributed by atoms with van der Waals surface area (Å²) in [5, 5.41) is 12.4. The predicted octanol–water partition coefficient (Wildman–Crippen LogP) is 2.74. The standard InChI is InChI=1S/C14H23N5/c1-5-7-18-10-13(12(4)17-18)9-15-14-8-11(3)16-19(14)6-2/h8,10,15H,5-7,9H2,1-4H3. The molecule has 0 fully saturated rings. The minimum Gasteiger partial charge on any atom is -0.366 e. The molecule has 2 aromatic heterocycles. The summed E-state index contributed by atoms with van der Waals surface area (Å²) in [4.78, 5) is 0. The SMILES string of the molecule is CCCn1cc(CNc2cc(C)nn2CC)c(C)n1. The van der Waals surface area contributed by atoms with Gasteiger partial charge in [0.1, 0.15) is 5.82 Å². The summed E-state index contributed by atoms with van der Waals surface area (Å²) < 4.78 is 4.01. The van der Waals surface area contributed by atoms with Gasteiger partial charge in [0.2, 0.25) is 0 Å². The van der Waals surface area contributed by atoms with Gasteiger partial charge in [-0.15, -0.1) is 0 Å². The Hall–Kier alpha value is -1.78. The second-order valence-electron chi connectivity index (χ2n) is 4.84. The van der Waals surface area contributed by atoms with Crippen LogP contribution in [0.2, 0.25) is 0 Å². The van der Waals surface area contributed by atoms with E-state index < -0.39 is 0 Å². The highest BCUT2D eigenvalue weighted by molar-refractivity contribution is 5.38. The van der Waals surface area contributed by atoms with Crippen molar-refractivity contribution in [2.45, 2.75) is 53.8 Å². The molecule has 0 aliphatic rings. The fourth-order valence-electron chi connectivity index (χ4n) is 2.19. The highest BCUT2D eigenvalue weighted by Gasteiger charge is 2.07. The van der Waals surface area contributed by atoms with E-state index in [1.54, 1.807) is 0 Å². The lowest BCUT2D eigenvalue weighted by Gasteiger charge is -2.07. The zero-order valence-electron chi connectivity index (χ0n) is 12.3. The van der Waals surface area contributed by atoms with Crippen molar-refractivity contribution in [3.8, 4) is 0 Å². The molecule has 19 heavy (non-hydrogen) atoms. The van der Waals surface area contributed by atoms with Gasteiger partial charge >= 0.3 is 0 Å². The van der Waals surface area contributed by atoms with Gasteiger partial charge in [-0.25, -0.2) is 4.68 Å². The zero-order chi connectivity index (χ0) is 13.8. The summed E-state index contributed by atoms with van der Waals surface area (Å²) in [5.41, 5.74) is 3.39. The van der Waals surface area contributed by atoms with E-state index in [1.807, 2.05) is 16.3 Å². The minimum atomic E-state index is 0.792. The Balaban J connectivity index is 2.05. The maximum Gasteiger partial charge on any atom is 0.124 e. The van der Waals surface area contributed by atoms with Crippen LogP contribution in [0.25, 0.3) is 0 Å². The van der Waals surface area contributed by atoms with Crippen molar-refractivity contribution in [2.24, 2.45) is 0 Å². The quantitative estimate of drug-likeness (QED) is 0.869. The monoisotopic (exact) mass is 261 g/mol. The van der Waals surface area contributed by atoms with E-state index in [0.717, 1.165) is 43.3 Å². The molecular weight excluding hydrogens is 238 g/mol. The van der Waals surface area contributed by atoms with E-state index in [9.17, 15) is 0 Å². The minimum absolute atomic E-state index is 0.792. The number of anilines is 1. The Bertz CT molecular complexity index is 538. The molecule has 5 heteroatoms. The van der Waals surface area contributed by atoms with Crippen molar-refractivity contribution in [3.05, 3.63) is 29.2 Å². The van der Waals surface area contributed by atoms with Crippen LogP contribution < -0.4 is 5.32 Å². The number of nitrogens with one attached hydrogen (secondary N) is 1. The number of rotatable bonds is 6. The highest BCUT2D eigenvalue weighted by Crippen LogP contribution is 2.13. The van der Waals surface area contributed by atoms with Gasteiger partial charge in [-0.2, -0.15) is 10.2 Å². The molecule has 0 amide bonds. The molecule has 0 aliphatic heterocycles. The van der Waals surface area contributed by atoms with Crippen molar-refractivity contribution in [1.82, 2.24) is 19.6 Å². The molecule has 0 bridgehead atoms.